The van der Waals surface area contributed by atoms with Crippen molar-refractivity contribution in [2.45, 2.75) is 58.4 Å². The maximum Gasteiger partial charge on any atom is 0.137 e. The van der Waals surface area contributed by atoms with Crippen molar-refractivity contribution in [2.75, 3.05) is 23.3 Å². The number of aromatic nitrogens is 2. The second-order valence-electron chi connectivity index (χ2n) is 6.13. The Balaban J connectivity index is 1.89. The molecule has 0 saturated heterocycles. The minimum atomic E-state index is 0.732. The summed E-state index contributed by atoms with van der Waals surface area (Å²) in [6.07, 6.45) is 9.40. The Morgan fingerprint density at radius 3 is 2.60 bits per heavy atom. The van der Waals surface area contributed by atoms with Crippen molar-refractivity contribution in [3.8, 4) is 0 Å². The smallest absolute Gasteiger partial charge is 0.137 e. The normalized spacial score (nSPS) is 18.1. The molecule has 0 unspecified atom stereocenters. The summed E-state index contributed by atoms with van der Waals surface area (Å²) >= 11 is 0. The van der Waals surface area contributed by atoms with Gasteiger partial charge in [-0.1, -0.05) is 13.3 Å². The molecule has 1 heterocycles. The van der Waals surface area contributed by atoms with Gasteiger partial charge in [-0.3, -0.25) is 0 Å². The van der Waals surface area contributed by atoms with Gasteiger partial charge in [-0.25, -0.2) is 9.97 Å². The first-order valence-corrected chi connectivity index (χ1v) is 8.17. The third kappa shape index (κ3) is 3.05. The van der Waals surface area contributed by atoms with Gasteiger partial charge in [-0.15, -0.1) is 0 Å². The van der Waals surface area contributed by atoms with Crippen LogP contribution in [0.25, 0.3) is 0 Å². The SMILES string of the molecule is CCCc1c(NCC)ncnc1N(CC1CC1)C1CC1. The molecule has 0 amide bonds. The lowest BCUT2D eigenvalue weighted by molar-refractivity contribution is 0.700. The second kappa shape index (κ2) is 5.98. The Kier molecular flexibility index (Phi) is 4.08. The van der Waals surface area contributed by atoms with Crippen molar-refractivity contribution in [1.29, 1.82) is 0 Å². The lowest BCUT2D eigenvalue weighted by atomic mass is 10.1. The Morgan fingerprint density at radius 1 is 1.20 bits per heavy atom. The lowest BCUT2D eigenvalue weighted by Crippen LogP contribution is -2.30. The van der Waals surface area contributed by atoms with Gasteiger partial charge in [-0.05, 0) is 44.9 Å². The fourth-order valence-corrected chi connectivity index (χ4v) is 2.82. The zero-order valence-corrected chi connectivity index (χ0v) is 12.7. The second-order valence-corrected chi connectivity index (χ2v) is 6.13. The van der Waals surface area contributed by atoms with Gasteiger partial charge in [0, 0.05) is 24.7 Å². The summed E-state index contributed by atoms with van der Waals surface area (Å²) in [5, 5.41) is 3.41. The quantitative estimate of drug-likeness (QED) is 0.790. The van der Waals surface area contributed by atoms with Crippen LogP contribution in [0.4, 0.5) is 11.6 Å². The van der Waals surface area contributed by atoms with Crippen molar-refractivity contribution >= 4 is 11.6 Å². The van der Waals surface area contributed by atoms with Crippen LogP contribution in [0.5, 0.6) is 0 Å². The van der Waals surface area contributed by atoms with Crippen molar-refractivity contribution in [3.63, 3.8) is 0 Å². The van der Waals surface area contributed by atoms with Gasteiger partial charge in [0.25, 0.3) is 0 Å². The molecule has 0 spiro atoms. The van der Waals surface area contributed by atoms with E-state index in [4.69, 9.17) is 0 Å². The van der Waals surface area contributed by atoms with Crippen molar-refractivity contribution in [2.24, 2.45) is 5.92 Å². The number of nitrogens with one attached hydrogen (secondary N) is 1. The molecule has 20 heavy (non-hydrogen) atoms. The van der Waals surface area contributed by atoms with E-state index in [2.05, 4.69) is 34.0 Å². The molecular formula is C16H26N4. The van der Waals surface area contributed by atoms with Crippen LogP contribution < -0.4 is 10.2 Å². The van der Waals surface area contributed by atoms with E-state index >= 15 is 0 Å². The first-order chi connectivity index (χ1) is 9.83. The number of rotatable bonds is 8. The maximum absolute atomic E-state index is 4.66. The molecule has 1 aromatic rings. The summed E-state index contributed by atoms with van der Waals surface area (Å²) in [5.74, 6) is 3.15. The first kappa shape index (κ1) is 13.7. The van der Waals surface area contributed by atoms with Crippen LogP contribution in [-0.2, 0) is 6.42 Å². The zero-order chi connectivity index (χ0) is 13.9. The highest BCUT2D eigenvalue weighted by Crippen LogP contribution is 2.39. The fourth-order valence-electron chi connectivity index (χ4n) is 2.82. The molecule has 2 aliphatic carbocycles. The molecular weight excluding hydrogens is 248 g/mol. The van der Waals surface area contributed by atoms with Crippen LogP contribution in [0.3, 0.4) is 0 Å². The number of hydrogen-bond acceptors (Lipinski definition) is 4. The highest BCUT2D eigenvalue weighted by atomic mass is 15.2. The van der Waals surface area contributed by atoms with Crippen LogP contribution in [0, 0.1) is 5.92 Å². The van der Waals surface area contributed by atoms with E-state index in [9.17, 15) is 0 Å². The van der Waals surface area contributed by atoms with Crippen LogP contribution in [0.1, 0.15) is 51.5 Å². The summed E-state index contributed by atoms with van der Waals surface area (Å²) in [5.41, 5.74) is 1.32. The van der Waals surface area contributed by atoms with E-state index in [0.29, 0.717) is 0 Å². The summed E-state index contributed by atoms with van der Waals surface area (Å²) in [4.78, 5) is 11.7. The molecule has 2 fully saturated rings. The monoisotopic (exact) mass is 274 g/mol. The van der Waals surface area contributed by atoms with Gasteiger partial charge in [0.1, 0.15) is 18.0 Å². The number of hydrogen-bond donors (Lipinski definition) is 1. The van der Waals surface area contributed by atoms with Crippen molar-refractivity contribution in [3.05, 3.63) is 11.9 Å². The average Bonchev–Trinajstić information content (AvgIpc) is 3.32. The topological polar surface area (TPSA) is 41.1 Å². The molecule has 1 aromatic heterocycles. The fraction of sp³-hybridized carbons (Fsp3) is 0.750. The van der Waals surface area contributed by atoms with E-state index in [0.717, 1.165) is 37.2 Å². The molecule has 2 aliphatic rings. The van der Waals surface area contributed by atoms with Gasteiger partial charge in [0.2, 0.25) is 0 Å². The Bertz CT molecular complexity index is 452. The molecule has 1 N–H and O–H groups in total. The van der Waals surface area contributed by atoms with Gasteiger partial charge in [0.15, 0.2) is 0 Å². The summed E-state index contributed by atoms with van der Waals surface area (Å²) in [6, 6.07) is 0.732. The van der Waals surface area contributed by atoms with Crippen LogP contribution >= 0.6 is 0 Å². The van der Waals surface area contributed by atoms with Gasteiger partial charge in [0.05, 0.1) is 0 Å². The molecule has 0 radical (unpaired) electrons. The number of anilines is 2. The van der Waals surface area contributed by atoms with Crippen LogP contribution in [0.2, 0.25) is 0 Å². The molecule has 4 nitrogen and oxygen atoms in total. The highest BCUT2D eigenvalue weighted by molar-refractivity contribution is 5.60. The molecule has 0 atom stereocenters. The molecule has 0 aliphatic heterocycles. The number of nitrogens with zero attached hydrogens (tertiary/aromatic N) is 3. The highest BCUT2D eigenvalue weighted by Gasteiger charge is 2.35. The van der Waals surface area contributed by atoms with Gasteiger partial charge >= 0.3 is 0 Å². The summed E-state index contributed by atoms with van der Waals surface area (Å²) < 4.78 is 0. The Morgan fingerprint density at radius 2 is 2.00 bits per heavy atom. The summed E-state index contributed by atoms with van der Waals surface area (Å²) in [7, 11) is 0. The molecule has 110 valence electrons. The third-order valence-corrected chi connectivity index (χ3v) is 4.18. The molecule has 2 saturated carbocycles. The van der Waals surface area contributed by atoms with E-state index in [1.165, 1.54) is 43.6 Å². The molecule has 0 aromatic carbocycles. The maximum atomic E-state index is 4.66. The molecule has 3 rings (SSSR count). The minimum absolute atomic E-state index is 0.732. The first-order valence-electron chi connectivity index (χ1n) is 8.17. The average molecular weight is 274 g/mol. The van der Waals surface area contributed by atoms with Gasteiger partial charge < -0.3 is 10.2 Å². The van der Waals surface area contributed by atoms with Gasteiger partial charge in [-0.2, -0.15) is 0 Å². The third-order valence-electron chi connectivity index (χ3n) is 4.18. The van der Waals surface area contributed by atoms with E-state index in [-0.39, 0.29) is 0 Å². The summed E-state index contributed by atoms with van der Waals surface area (Å²) in [6.45, 7) is 6.47. The Hall–Kier alpha value is -1.32. The predicted molar refractivity (Wildman–Crippen MR) is 83.3 cm³/mol. The van der Waals surface area contributed by atoms with E-state index < -0.39 is 0 Å². The largest absolute Gasteiger partial charge is 0.370 e. The van der Waals surface area contributed by atoms with Crippen molar-refractivity contribution < 1.29 is 0 Å². The zero-order valence-electron chi connectivity index (χ0n) is 12.7. The lowest BCUT2D eigenvalue weighted by Gasteiger charge is -2.26. The Labute approximate surface area is 122 Å². The minimum Gasteiger partial charge on any atom is -0.370 e. The van der Waals surface area contributed by atoms with Crippen molar-refractivity contribution in [1.82, 2.24) is 9.97 Å². The van der Waals surface area contributed by atoms with E-state index in [1.807, 2.05) is 0 Å². The standard InChI is InChI=1S/C16H26N4/c1-3-5-14-15(17-4-2)18-11-19-16(14)20(13-8-9-13)10-12-6-7-12/h11-13H,3-10H2,1-2H3,(H,17,18,19). The van der Waals surface area contributed by atoms with E-state index in [1.54, 1.807) is 6.33 Å². The molecule has 0 bridgehead atoms. The predicted octanol–water partition coefficient (Wildman–Crippen LogP) is 3.24. The molecule has 4 heteroatoms. The van der Waals surface area contributed by atoms with Crippen LogP contribution in [0.15, 0.2) is 6.33 Å². The van der Waals surface area contributed by atoms with Crippen LogP contribution in [-0.4, -0.2) is 29.1 Å².